The lowest BCUT2D eigenvalue weighted by atomic mass is 9.76. The molecule has 0 amide bonds. The first-order valence-corrected chi connectivity index (χ1v) is 22.4. The van der Waals surface area contributed by atoms with Gasteiger partial charge in [0.2, 0.25) is 0 Å². The van der Waals surface area contributed by atoms with Crippen LogP contribution in [0.25, 0.3) is 0 Å². The number of rotatable bonds is 31. The lowest BCUT2D eigenvalue weighted by Crippen LogP contribution is -2.36. The molecule has 65 heavy (non-hydrogen) atoms. The molecule has 0 aromatic heterocycles. The number of aliphatic carboxylic acids is 2. The van der Waals surface area contributed by atoms with Crippen molar-refractivity contribution in [1.82, 2.24) is 0 Å². The van der Waals surface area contributed by atoms with Crippen LogP contribution in [0.4, 0.5) is 0 Å². The third-order valence-electron chi connectivity index (χ3n) is 11.1. The second-order valence-electron chi connectivity index (χ2n) is 17.4. The Bertz CT molecular complexity index is 1690. The van der Waals surface area contributed by atoms with E-state index < -0.39 is 59.3 Å². The van der Waals surface area contributed by atoms with Crippen molar-refractivity contribution in [1.29, 1.82) is 10.5 Å². The summed E-state index contributed by atoms with van der Waals surface area (Å²) in [5.74, 6) is -4.27. The van der Waals surface area contributed by atoms with Gasteiger partial charge in [-0.15, -0.1) is 13.2 Å². The van der Waals surface area contributed by atoms with Gasteiger partial charge in [-0.1, -0.05) is 77.3 Å². The van der Waals surface area contributed by atoms with E-state index in [2.05, 4.69) is 58.4 Å². The molecule has 0 aromatic rings. The number of esters is 3. The van der Waals surface area contributed by atoms with Crippen molar-refractivity contribution in [2.45, 2.75) is 138 Å². The number of carbonyl (C=O) groups is 5. The second-order valence-corrected chi connectivity index (χ2v) is 17.4. The van der Waals surface area contributed by atoms with Gasteiger partial charge in [-0.25, -0.2) is 9.59 Å². The second kappa shape index (κ2) is 34.1. The molecule has 9 atom stereocenters. The fourth-order valence-corrected chi connectivity index (χ4v) is 5.70. The molecule has 14 heteroatoms. The minimum Gasteiger partial charge on any atom is -0.481 e. The van der Waals surface area contributed by atoms with E-state index in [-0.39, 0.29) is 43.0 Å². The summed E-state index contributed by atoms with van der Waals surface area (Å²) in [6, 6.07) is 4.40. The third-order valence-corrected chi connectivity index (χ3v) is 11.1. The number of nitrogens with zero attached hydrogens (tertiary/aromatic N) is 2. The molecular weight excluding hydrogens is 833 g/mol. The predicted molar refractivity (Wildman–Crippen MR) is 251 cm³/mol. The summed E-state index contributed by atoms with van der Waals surface area (Å²) in [5, 5.41) is 47.6. The number of carbonyl (C=O) groups excluding carboxylic acids is 3. The van der Waals surface area contributed by atoms with E-state index in [1.807, 2.05) is 37.3 Å². The number of carboxylic acid groups (broad SMARTS) is 2. The molecule has 1 rings (SSSR count). The molecule has 1 aliphatic heterocycles. The van der Waals surface area contributed by atoms with Crippen molar-refractivity contribution in [2.24, 2.45) is 40.4 Å². The average Bonchev–Trinajstić information content (AvgIpc) is 4.12. The zero-order chi connectivity index (χ0) is 50.2. The molecule has 0 spiro atoms. The molecule has 0 aliphatic carbocycles. The SMILES string of the molecule is C=C(C)C(=O)OCC1CO1.C=CC(C)CCC=CCC(C#N)CC(C)(CC)C(=O)O.C=CC(C)CCC=CCC(C#N)CC(CC(C)(CC)C(=O)OCC(O)COC(=O)C(=C)C)C(=O)O. The first kappa shape index (κ1) is 61.8. The summed E-state index contributed by atoms with van der Waals surface area (Å²) in [7, 11) is 0. The highest BCUT2D eigenvalue weighted by Gasteiger charge is 2.39. The van der Waals surface area contributed by atoms with Gasteiger partial charge in [-0.3, -0.25) is 14.4 Å². The third kappa shape index (κ3) is 29.0. The zero-order valence-electron chi connectivity index (χ0n) is 40.4. The highest BCUT2D eigenvalue weighted by atomic mass is 16.6. The number of epoxide rings is 1. The number of hydrogen-bond donors (Lipinski definition) is 3. The minimum absolute atomic E-state index is 0.00283. The van der Waals surface area contributed by atoms with Crippen molar-refractivity contribution in [3.63, 3.8) is 0 Å². The van der Waals surface area contributed by atoms with Crippen molar-refractivity contribution in [2.75, 3.05) is 26.4 Å². The average molecular weight is 911 g/mol. The molecule has 0 bridgehead atoms. The molecule has 1 aliphatic rings. The Hall–Kier alpha value is -5.31. The topological polar surface area (TPSA) is 234 Å². The maximum Gasteiger partial charge on any atom is 0.333 e. The number of aliphatic hydroxyl groups excluding tert-OH is 1. The Labute approximate surface area is 388 Å². The largest absolute Gasteiger partial charge is 0.481 e. The molecule has 1 saturated heterocycles. The quantitative estimate of drug-likeness (QED) is 0.0193. The number of ether oxygens (including phenoxy) is 4. The number of carboxylic acids is 2. The van der Waals surface area contributed by atoms with Crippen LogP contribution in [0, 0.1) is 63.1 Å². The Morgan fingerprint density at radius 3 is 1.63 bits per heavy atom. The van der Waals surface area contributed by atoms with Crippen LogP contribution in [0.3, 0.4) is 0 Å². The van der Waals surface area contributed by atoms with Gasteiger partial charge in [0.1, 0.15) is 32.0 Å². The molecular formula is C51H78N2O12. The van der Waals surface area contributed by atoms with Crippen LogP contribution in [0.1, 0.15) is 126 Å². The smallest absolute Gasteiger partial charge is 0.333 e. The normalized spacial score (nSPS) is 17.4. The number of allylic oxidation sites excluding steroid dienone is 6. The maximum absolute atomic E-state index is 12.8. The first-order valence-electron chi connectivity index (χ1n) is 22.4. The number of nitriles is 2. The van der Waals surface area contributed by atoms with E-state index in [0.29, 0.717) is 62.7 Å². The summed E-state index contributed by atoms with van der Waals surface area (Å²) in [4.78, 5) is 58.0. The van der Waals surface area contributed by atoms with Crippen LogP contribution in [0.5, 0.6) is 0 Å². The molecule has 364 valence electrons. The van der Waals surface area contributed by atoms with Gasteiger partial charge >= 0.3 is 29.8 Å². The number of hydrogen-bond acceptors (Lipinski definition) is 12. The summed E-state index contributed by atoms with van der Waals surface area (Å²) >= 11 is 0. The van der Waals surface area contributed by atoms with Crippen LogP contribution < -0.4 is 0 Å². The number of aliphatic hydroxyl groups is 1. The lowest BCUT2D eigenvalue weighted by Gasteiger charge is -2.29. The van der Waals surface area contributed by atoms with E-state index in [4.69, 9.17) is 24.2 Å². The van der Waals surface area contributed by atoms with Gasteiger partial charge in [-0.05, 0) is 110 Å². The van der Waals surface area contributed by atoms with E-state index in [9.17, 15) is 44.6 Å². The van der Waals surface area contributed by atoms with Gasteiger partial charge in [0, 0.05) is 11.1 Å². The molecule has 0 radical (unpaired) electrons. The van der Waals surface area contributed by atoms with Crippen molar-refractivity contribution in [3.8, 4) is 12.1 Å². The lowest BCUT2D eigenvalue weighted by molar-refractivity contribution is -0.162. The van der Waals surface area contributed by atoms with Crippen LogP contribution >= 0.6 is 0 Å². The first-order chi connectivity index (χ1) is 30.5. The molecule has 14 nitrogen and oxygen atoms in total. The van der Waals surface area contributed by atoms with E-state index >= 15 is 0 Å². The van der Waals surface area contributed by atoms with Crippen LogP contribution in [-0.4, -0.2) is 83.8 Å². The maximum atomic E-state index is 12.8. The zero-order valence-corrected chi connectivity index (χ0v) is 40.4. The van der Waals surface area contributed by atoms with Gasteiger partial charge in [-0.2, -0.15) is 10.5 Å². The summed E-state index contributed by atoms with van der Waals surface area (Å²) in [6.45, 7) is 28.9. The molecule has 1 heterocycles. The van der Waals surface area contributed by atoms with Gasteiger partial charge < -0.3 is 34.3 Å². The standard InChI is InChI=1S/C27H41NO7.C17H27NO2.C7H10O3/c1-7-20(5)12-10-9-11-13-21(16-28)14-22(24(30)31)15-27(6,8-2)26(33)35-18-23(29)17-34-25(32)19(3)4;1-5-14(3)10-8-7-9-11-15(13-18)12-17(4,6-2)16(19)20;1-5(2)7(8)10-4-6-3-9-6/h7,9,11,20-23,29H,1,3,8,10,12-15,17-18H2,2,4-6H3,(H,30,31);5,7,9,14-15H,1,6,8,10-12H2,2-4H3,(H,19,20);6H,1,3-4H2,2H3. The Balaban J connectivity index is 0. The van der Waals surface area contributed by atoms with E-state index in [0.717, 1.165) is 25.7 Å². The van der Waals surface area contributed by atoms with Gasteiger partial charge in [0.05, 0.1) is 47.3 Å². The van der Waals surface area contributed by atoms with Crippen LogP contribution in [0.2, 0.25) is 0 Å². The molecule has 3 N–H and O–H groups in total. The predicted octanol–water partition coefficient (Wildman–Crippen LogP) is 9.67. The Morgan fingerprint density at radius 2 is 1.23 bits per heavy atom. The van der Waals surface area contributed by atoms with Crippen molar-refractivity contribution < 1.29 is 58.2 Å². The summed E-state index contributed by atoms with van der Waals surface area (Å²) < 4.78 is 19.6. The Kier molecular flexibility index (Phi) is 32.4. The minimum atomic E-state index is -1.22. The molecule has 0 saturated carbocycles. The van der Waals surface area contributed by atoms with Crippen LogP contribution in [0.15, 0.2) is 73.9 Å². The Morgan fingerprint density at radius 1 is 0.769 bits per heavy atom. The van der Waals surface area contributed by atoms with Crippen molar-refractivity contribution >= 4 is 29.8 Å². The van der Waals surface area contributed by atoms with Crippen LogP contribution in [-0.2, 0) is 42.9 Å². The van der Waals surface area contributed by atoms with Crippen molar-refractivity contribution in [3.05, 3.63) is 73.9 Å². The molecule has 1 fully saturated rings. The van der Waals surface area contributed by atoms with E-state index in [1.54, 1.807) is 27.7 Å². The monoisotopic (exact) mass is 911 g/mol. The van der Waals surface area contributed by atoms with E-state index in [1.165, 1.54) is 6.92 Å². The highest BCUT2D eigenvalue weighted by molar-refractivity contribution is 5.87. The van der Waals surface area contributed by atoms with Gasteiger partial charge in [0.15, 0.2) is 0 Å². The molecule has 0 aromatic carbocycles. The summed E-state index contributed by atoms with van der Waals surface area (Å²) in [5.41, 5.74) is -1.30. The highest BCUT2D eigenvalue weighted by Crippen LogP contribution is 2.35. The fraction of sp³-hybridized carbons (Fsp3) is 0.627. The molecule has 9 unspecified atom stereocenters. The fourth-order valence-electron chi connectivity index (χ4n) is 5.70. The van der Waals surface area contributed by atoms with Gasteiger partial charge in [0.25, 0.3) is 0 Å². The summed E-state index contributed by atoms with van der Waals surface area (Å²) in [6.07, 6.45) is 17.0.